The quantitative estimate of drug-likeness (QED) is 0.741. The number of hydrogen-bond acceptors (Lipinski definition) is 2. The highest BCUT2D eigenvalue weighted by molar-refractivity contribution is 5.67. The maximum Gasteiger partial charge on any atom is 0.303 e. The van der Waals surface area contributed by atoms with Crippen LogP contribution in [0.1, 0.15) is 24.8 Å². The zero-order valence-electron chi connectivity index (χ0n) is 6.90. The van der Waals surface area contributed by atoms with Crippen LogP contribution in [0.25, 0.3) is 0 Å². The van der Waals surface area contributed by atoms with Crippen molar-refractivity contribution in [2.45, 2.75) is 19.3 Å². The first-order valence-electron chi connectivity index (χ1n) is 3.82. The van der Waals surface area contributed by atoms with Gasteiger partial charge in [-0.1, -0.05) is 13.0 Å². The molecule has 0 fully saturated rings. The molecule has 0 aliphatic heterocycles. The standard InChI is InChI=1S/C9H11NO2/c1-7(5-9(11)12)8-3-2-4-10-6-8/h2-4,6-7H,5H2,1H3,(H,11,12)/t7-/m1/s1. The van der Waals surface area contributed by atoms with E-state index in [2.05, 4.69) is 4.98 Å². The number of carbonyl (C=O) groups is 1. The predicted octanol–water partition coefficient (Wildman–Crippen LogP) is 1.66. The second-order valence-corrected chi connectivity index (χ2v) is 2.79. The van der Waals surface area contributed by atoms with E-state index in [9.17, 15) is 4.79 Å². The van der Waals surface area contributed by atoms with Crippen LogP contribution in [0.5, 0.6) is 0 Å². The maximum atomic E-state index is 10.4. The summed E-state index contributed by atoms with van der Waals surface area (Å²) in [5, 5.41) is 8.52. The van der Waals surface area contributed by atoms with Crippen molar-refractivity contribution in [3.63, 3.8) is 0 Å². The van der Waals surface area contributed by atoms with Crippen molar-refractivity contribution in [2.24, 2.45) is 0 Å². The minimum absolute atomic E-state index is 0.0381. The van der Waals surface area contributed by atoms with Crippen LogP contribution < -0.4 is 0 Å². The topological polar surface area (TPSA) is 50.2 Å². The molecule has 0 aromatic carbocycles. The average Bonchev–Trinajstić information content (AvgIpc) is 2.05. The lowest BCUT2D eigenvalue weighted by molar-refractivity contribution is -0.137. The van der Waals surface area contributed by atoms with Crippen LogP contribution in [0.15, 0.2) is 24.5 Å². The van der Waals surface area contributed by atoms with Gasteiger partial charge in [0.25, 0.3) is 0 Å². The summed E-state index contributed by atoms with van der Waals surface area (Å²) in [5.41, 5.74) is 0.972. The van der Waals surface area contributed by atoms with E-state index in [1.165, 1.54) is 0 Å². The Balaban J connectivity index is 2.65. The fraction of sp³-hybridized carbons (Fsp3) is 0.333. The number of rotatable bonds is 3. The Morgan fingerprint density at radius 2 is 2.50 bits per heavy atom. The van der Waals surface area contributed by atoms with Crippen LogP contribution in [0.3, 0.4) is 0 Å². The van der Waals surface area contributed by atoms with Crippen LogP contribution in [0.4, 0.5) is 0 Å². The lowest BCUT2D eigenvalue weighted by atomic mass is 10.0. The van der Waals surface area contributed by atoms with Crippen molar-refractivity contribution in [1.82, 2.24) is 4.98 Å². The maximum absolute atomic E-state index is 10.4. The molecule has 3 nitrogen and oxygen atoms in total. The zero-order valence-corrected chi connectivity index (χ0v) is 6.90. The number of hydrogen-bond donors (Lipinski definition) is 1. The second-order valence-electron chi connectivity index (χ2n) is 2.79. The second kappa shape index (κ2) is 3.85. The van der Waals surface area contributed by atoms with Gasteiger partial charge < -0.3 is 5.11 Å². The highest BCUT2D eigenvalue weighted by Gasteiger charge is 2.08. The van der Waals surface area contributed by atoms with Gasteiger partial charge in [0.05, 0.1) is 6.42 Å². The third kappa shape index (κ3) is 2.34. The molecule has 1 atom stereocenters. The van der Waals surface area contributed by atoms with Crippen molar-refractivity contribution in [3.8, 4) is 0 Å². The SMILES string of the molecule is C[C@H](CC(=O)O)c1cccnc1. The van der Waals surface area contributed by atoms with Gasteiger partial charge in [-0.2, -0.15) is 0 Å². The first-order chi connectivity index (χ1) is 5.70. The summed E-state index contributed by atoms with van der Waals surface area (Å²) in [5.74, 6) is -0.734. The summed E-state index contributed by atoms with van der Waals surface area (Å²) in [6, 6.07) is 3.70. The van der Waals surface area contributed by atoms with Crippen molar-refractivity contribution < 1.29 is 9.90 Å². The van der Waals surface area contributed by atoms with E-state index >= 15 is 0 Å². The van der Waals surface area contributed by atoms with E-state index in [0.29, 0.717) is 0 Å². The predicted molar refractivity (Wildman–Crippen MR) is 44.9 cm³/mol. The fourth-order valence-corrected chi connectivity index (χ4v) is 1.05. The number of nitrogens with zero attached hydrogens (tertiary/aromatic N) is 1. The summed E-state index contributed by atoms with van der Waals surface area (Å²) < 4.78 is 0. The number of aromatic nitrogens is 1. The molecule has 1 N–H and O–H groups in total. The van der Waals surface area contributed by atoms with Gasteiger partial charge in [0.2, 0.25) is 0 Å². The molecule has 0 radical (unpaired) electrons. The van der Waals surface area contributed by atoms with Gasteiger partial charge in [0.15, 0.2) is 0 Å². The van der Waals surface area contributed by atoms with Crippen molar-refractivity contribution in [2.75, 3.05) is 0 Å². The Labute approximate surface area is 71.1 Å². The molecule has 0 saturated heterocycles. The molecule has 0 unspecified atom stereocenters. The molecule has 1 rings (SSSR count). The summed E-state index contributed by atoms with van der Waals surface area (Å²) >= 11 is 0. The Kier molecular flexibility index (Phi) is 2.80. The lowest BCUT2D eigenvalue weighted by Gasteiger charge is -2.06. The van der Waals surface area contributed by atoms with Gasteiger partial charge in [0, 0.05) is 12.4 Å². The highest BCUT2D eigenvalue weighted by Crippen LogP contribution is 2.16. The number of carboxylic acids is 1. The van der Waals surface area contributed by atoms with Crippen LogP contribution in [-0.2, 0) is 4.79 Å². The molecular weight excluding hydrogens is 154 g/mol. The molecule has 0 aliphatic carbocycles. The molecule has 0 spiro atoms. The molecule has 0 bridgehead atoms. The van der Waals surface area contributed by atoms with Gasteiger partial charge in [-0.15, -0.1) is 0 Å². The minimum atomic E-state index is -0.772. The molecule has 0 amide bonds. The van der Waals surface area contributed by atoms with Crippen LogP contribution in [-0.4, -0.2) is 16.1 Å². The average molecular weight is 165 g/mol. The zero-order chi connectivity index (χ0) is 8.97. The summed E-state index contributed by atoms with van der Waals surface area (Å²) in [4.78, 5) is 14.3. The molecule has 1 heterocycles. The first kappa shape index (κ1) is 8.71. The molecule has 1 aromatic rings. The molecule has 0 aliphatic rings. The largest absolute Gasteiger partial charge is 0.481 e. The van der Waals surface area contributed by atoms with Crippen molar-refractivity contribution >= 4 is 5.97 Å². The third-order valence-electron chi connectivity index (χ3n) is 1.73. The van der Waals surface area contributed by atoms with E-state index in [-0.39, 0.29) is 12.3 Å². The van der Waals surface area contributed by atoms with Crippen LogP contribution >= 0.6 is 0 Å². The van der Waals surface area contributed by atoms with Gasteiger partial charge in [0.1, 0.15) is 0 Å². The Hall–Kier alpha value is -1.38. The fourth-order valence-electron chi connectivity index (χ4n) is 1.05. The van der Waals surface area contributed by atoms with Crippen LogP contribution in [0, 0.1) is 0 Å². The first-order valence-corrected chi connectivity index (χ1v) is 3.82. The lowest BCUT2D eigenvalue weighted by Crippen LogP contribution is -2.02. The number of carboxylic acid groups (broad SMARTS) is 1. The third-order valence-corrected chi connectivity index (χ3v) is 1.73. The molecular formula is C9H11NO2. The summed E-state index contributed by atoms with van der Waals surface area (Å²) in [7, 11) is 0. The molecule has 12 heavy (non-hydrogen) atoms. The normalized spacial score (nSPS) is 12.4. The molecule has 1 aromatic heterocycles. The minimum Gasteiger partial charge on any atom is -0.481 e. The summed E-state index contributed by atoms with van der Waals surface area (Å²) in [6.07, 6.45) is 3.54. The van der Waals surface area contributed by atoms with Crippen LogP contribution in [0.2, 0.25) is 0 Å². The van der Waals surface area contributed by atoms with Gasteiger partial charge >= 0.3 is 5.97 Å². The van der Waals surface area contributed by atoms with Gasteiger partial charge in [-0.3, -0.25) is 9.78 Å². The Morgan fingerprint density at radius 1 is 1.75 bits per heavy atom. The number of pyridine rings is 1. The molecule has 3 heteroatoms. The Bertz CT molecular complexity index is 258. The van der Waals surface area contributed by atoms with E-state index in [1.807, 2.05) is 19.1 Å². The number of aliphatic carboxylic acids is 1. The molecule has 64 valence electrons. The smallest absolute Gasteiger partial charge is 0.303 e. The monoisotopic (exact) mass is 165 g/mol. The highest BCUT2D eigenvalue weighted by atomic mass is 16.4. The van der Waals surface area contributed by atoms with Crippen molar-refractivity contribution in [1.29, 1.82) is 0 Å². The van der Waals surface area contributed by atoms with E-state index in [0.717, 1.165) is 5.56 Å². The Morgan fingerprint density at radius 3 is 3.00 bits per heavy atom. The van der Waals surface area contributed by atoms with E-state index in [4.69, 9.17) is 5.11 Å². The van der Waals surface area contributed by atoms with Gasteiger partial charge in [-0.25, -0.2) is 0 Å². The molecule has 0 saturated carbocycles. The van der Waals surface area contributed by atoms with Crippen molar-refractivity contribution in [3.05, 3.63) is 30.1 Å². The van der Waals surface area contributed by atoms with E-state index in [1.54, 1.807) is 12.4 Å². The van der Waals surface area contributed by atoms with E-state index < -0.39 is 5.97 Å². The van der Waals surface area contributed by atoms with Gasteiger partial charge in [-0.05, 0) is 17.5 Å². The summed E-state index contributed by atoms with van der Waals surface area (Å²) in [6.45, 7) is 1.88.